The van der Waals surface area contributed by atoms with Crippen LogP contribution in [0.2, 0.25) is 10.3 Å². The van der Waals surface area contributed by atoms with E-state index in [2.05, 4.69) is 15.6 Å². The zero-order valence-corrected chi connectivity index (χ0v) is 19.2. The van der Waals surface area contributed by atoms with E-state index < -0.39 is 23.5 Å². The number of ether oxygens (including phenoxy) is 1. The number of carbonyl (C=O) groups excluding carboxylic acids is 2. The lowest BCUT2D eigenvalue weighted by molar-refractivity contribution is -0.125. The van der Waals surface area contributed by atoms with Gasteiger partial charge in [-0.25, -0.2) is 18.6 Å². The average molecular weight is 478 g/mol. The van der Waals surface area contributed by atoms with Crippen molar-refractivity contribution >= 4 is 35.2 Å². The molecule has 0 aromatic carbocycles. The number of amides is 2. The van der Waals surface area contributed by atoms with Gasteiger partial charge in [-0.2, -0.15) is 0 Å². The van der Waals surface area contributed by atoms with Crippen molar-refractivity contribution in [2.24, 2.45) is 23.7 Å². The number of rotatable bonds is 7. The number of alkyl halides is 2. The van der Waals surface area contributed by atoms with Gasteiger partial charge in [0.1, 0.15) is 15.9 Å². The van der Waals surface area contributed by atoms with Gasteiger partial charge in [0, 0.05) is 30.5 Å². The standard InChI is InChI=1S/C21H27Cl2F2N3O3/c1-20(2,3)31-19(30)27-6-4-5-26-18(29)11-7-13-14(8-11)17(13)21(24,25)12-9-15(22)28-16(23)10-12/h9-11,13-14,17H,4-8H2,1-3H3,(H,26,29)(H,27,30). The Bertz CT molecular complexity index is 815. The lowest BCUT2D eigenvalue weighted by Gasteiger charge is -2.21. The van der Waals surface area contributed by atoms with Crippen LogP contribution in [0.1, 0.15) is 45.6 Å². The lowest BCUT2D eigenvalue weighted by Crippen LogP contribution is -2.36. The third-order valence-corrected chi connectivity index (χ3v) is 6.09. The highest BCUT2D eigenvalue weighted by Gasteiger charge is 2.67. The van der Waals surface area contributed by atoms with E-state index in [0.717, 1.165) is 12.1 Å². The van der Waals surface area contributed by atoms with E-state index in [1.165, 1.54) is 0 Å². The summed E-state index contributed by atoms with van der Waals surface area (Å²) < 4.78 is 35.0. The minimum absolute atomic E-state index is 0.0635. The molecule has 2 fully saturated rings. The Balaban J connectivity index is 1.39. The SMILES string of the molecule is CC(C)(C)OC(=O)NCCCNC(=O)C1CC2C(C1)C2C(F)(F)c1cc(Cl)nc(Cl)c1. The molecule has 2 aliphatic rings. The van der Waals surface area contributed by atoms with Gasteiger partial charge in [-0.3, -0.25) is 4.79 Å². The van der Waals surface area contributed by atoms with E-state index in [0.29, 0.717) is 32.4 Å². The fourth-order valence-corrected chi connectivity index (χ4v) is 4.85. The number of hydrogen-bond donors (Lipinski definition) is 2. The molecule has 1 aromatic heterocycles. The molecule has 1 heterocycles. The van der Waals surface area contributed by atoms with E-state index in [9.17, 15) is 18.4 Å². The highest BCUT2D eigenvalue weighted by atomic mass is 35.5. The third-order valence-electron chi connectivity index (χ3n) is 5.70. The molecule has 2 N–H and O–H groups in total. The quantitative estimate of drug-likeness (QED) is 0.437. The van der Waals surface area contributed by atoms with Crippen molar-refractivity contribution in [1.29, 1.82) is 0 Å². The lowest BCUT2D eigenvalue weighted by atomic mass is 9.93. The van der Waals surface area contributed by atoms with Gasteiger partial charge in [-0.05, 0) is 64.0 Å². The molecule has 2 atom stereocenters. The predicted octanol–water partition coefficient (Wildman–Crippen LogP) is 4.78. The van der Waals surface area contributed by atoms with Gasteiger partial charge in [0.05, 0.1) is 0 Å². The van der Waals surface area contributed by atoms with Crippen LogP contribution < -0.4 is 10.6 Å². The summed E-state index contributed by atoms with van der Waals surface area (Å²) in [4.78, 5) is 27.6. The van der Waals surface area contributed by atoms with Crippen LogP contribution in [-0.2, 0) is 15.5 Å². The Morgan fingerprint density at radius 2 is 1.65 bits per heavy atom. The van der Waals surface area contributed by atoms with Gasteiger partial charge in [0.25, 0.3) is 5.92 Å². The highest BCUT2D eigenvalue weighted by Crippen LogP contribution is 2.67. The first kappa shape index (κ1) is 24.0. The molecule has 2 amide bonds. The Morgan fingerprint density at radius 3 is 2.19 bits per heavy atom. The third kappa shape index (κ3) is 5.98. The van der Waals surface area contributed by atoms with Crippen LogP contribution in [0.25, 0.3) is 0 Å². The second-order valence-corrected chi connectivity index (χ2v) is 9.99. The Kier molecular flexibility index (Phi) is 7.01. The molecule has 2 aliphatic carbocycles. The number of halogens is 4. The molecule has 0 spiro atoms. The molecule has 3 rings (SSSR count). The highest BCUT2D eigenvalue weighted by molar-refractivity contribution is 6.32. The van der Waals surface area contributed by atoms with Crippen molar-refractivity contribution in [3.63, 3.8) is 0 Å². The second-order valence-electron chi connectivity index (χ2n) is 9.22. The van der Waals surface area contributed by atoms with Crippen molar-refractivity contribution in [2.45, 2.75) is 51.6 Å². The van der Waals surface area contributed by atoms with Gasteiger partial charge in [0.15, 0.2) is 0 Å². The fourth-order valence-electron chi connectivity index (χ4n) is 4.39. The van der Waals surface area contributed by atoms with Crippen molar-refractivity contribution in [3.8, 4) is 0 Å². The van der Waals surface area contributed by atoms with E-state index in [1.54, 1.807) is 20.8 Å². The second kappa shape index (κ2) is 9.06. The van der Waals surface area contributed by atoms with E-state index in [-0.39, 0.29) is 39.5 Å². The molecule has 172 valence electrons. The van der Waals surface area contributed by atoms with Gasteiger partial charge in [0.2, 0.25) is 5.91 Å². The van der Waals surface area contributed by atoms with Crippen molar-refractivity contribution < 1.29 is 23.1 Å². The van der Waals surface area contributed by atoms with Crippen LogP contribution in [0, 0.1) is 23.7 Å². The Morgan fingerprint density at radius 1 is 1.10 bits per heavy atom. The minimum atomic E-state index is -3.06. The van der Waals surface area contributed by atoms with Crippen LogP contribution >= 0.6 is 23.2 Å². The Hall–Kier alpha value is -1.67. The number of pyridine rings is 1. The maximum Gasteiger partial charge on any atom is 0.407 e. The monoisotopic (exact) mass is 477 g/mol. The maximum atomic E-state index is 14.9. The first-order valence-electron chi connectivity index (χ1n) is 10.3. The van der Waals surface area contributed by atoms with Crippen LogP contribution in [0.4, 0.5) is 13.6 Å². The van der Waals surface area contributed by atoms with Crippen LogP contribution in [0.5, 0.6) is 0 Å². The summed E-state index contributed by atoms with van der Waals surface area (Å²) in [5, 5.41) is 5.32. The zero-order valence-electron chi connectivity index (χ0n) is 17.7. The van der Waals surface area contributed by atoms with Gasteiger partial charge in [-0.1, -0.05) is 23.2 Å². The molecular formula is C21H27Cl2F2N3O3. The number of hydrogen-bond acceptors (Lipinski definition) is 4. The van der Waals surface area contributed by atoms with E-state index in [1.807, 2.05) is 0 Å². The molecular weight excluding hydrogens is 451 g/mol. The topological polar surface area (TPSA) is 80.3 Å². The molecule has 10 heteroatoms. The summed E-state index contributed by atoms with van der Waals surface area (Å²) in [6, 6.07) is 2.30. The molecule has 6 nitrogen and oxygen atoms in total. The van der Waals surface area contributed by atoms with E-state index in [4.69, 9.17) is 27.9 Å². The van der Waals surface area contributed by atoms with Gasteiger partial charge < -0.3 is 15.4 Å². The summed E-state index contributed by atoms with van der Waals surface area (Å²) in [6.07, 6.45) is 0.937. The van der Waals surface area contributed by atoms with Crippen molar-refractivity contribution in [2.75, 3.05) is 13.1 Å². The van der Waals surface area contributed by atoms with Crippen LogP contribution in [0.15, 0.2) is 12.1 Å². The predicted molar refractivity (Wildman–Crippen MR) is 113 cm³/mol. The summed E-state index contributed by atoms with van der Waals surface area (Å²) in [5.74, 6) is -4.62. The van der Waals surface area contributed by atoms with Gasteiger partial charge in [-0.15, -0.1) is 0 Å². The molecule has 0 radical (unpaired) electrons. The van der Waals surface area contributed by atoms with Crippen LogP contribution in [0.3, 0.4) is 0 Å². The number of nitrogens with one attached hydrogen (secondary N) is 2. The molecule has 2 saturated carbocycles. The fraction of sp³-hybridized carbons (Fsp3) is 0.667. The maximum absolute atomic E-state index is 14.9. The van der Waals surface area contributed by atoms with Crippen molar-refractivity contribution in [3.05, 3.63) is 28.0 Å². The largest absolute Gasteiger partial charge is 0.444 e. The number of aromatic nitrogens is 1. The first-order chi connectivity index (χ1) is 14.4. The molecule has 0 saturated heterocycles. The summed E-state index contributed by atoms with van der Waals surface area (Å²) >= 11 is 11.5. The van der Waals surface area contributed by atoms with Gasteiger partial charge >= 0.3 is 6.09 Å². The smallest absolute Gasteiger partial charge is 0.407 e. The summed E-state index contributed by atoms with van der Waals surface area (Å²) in [7, 11) is 0. The number of nitrogens with zero attached hydrogens (tertiary/aromatic N) is 1. The molecule has 31 heavy (non-hydrogen) atoms. The normalized spacial score (nSPS) is 25.0. The molecule has 0 aliphatic heterocycles. The average Bonchev–Trinajstić information content (AvgIpc) is 3.15. The molecule has 2 unspecified atom stereocenters. The summed E-state index contributed by atoms with van der Waals surface area (Å²) in [5.41, 5.74) is -0.790. The molecule has 1 aromatic rings. The number of fused-ring (bicyclic) bond motifs is 1. The first-order valence-corrected chi connectivity index (χ1v) is 11.1. The number of alkyl carbamates (subject to hydrolysis) is 1. The van der Waals surface area contributed by atoms with E-state index >= 15 is 0 Å². The van der Waals surface area contributed by atoms with Crippen molar-refractivity contribution in [1.82, 2.24) is 15.6 Å². The number of carbonyl (C=O) groups is 2. The Labute approximate surface area is 190 Å². The summed E-state index contributed by atoms with van der Waals surface area (Å²) in [6.45, 7) is 6.10. The van der Waals surface area contributed by atoms with Crippen LogP contribution in [-0.4, -0.2) is 35.7 Å². The zero-order chi connectivity index (χ0) is 23.0. The molecule has 0 bridgehead atoms. The minimum Gasteiger partial charge on any atom is -0.444 e.